The van der Waals surface area contributed by atoms with E-state index in [0.717, 1.165) is 9.52 Å². The van der Waals surface area contributed by atoms with Crippen LogP contribution < -0.4 is 10.4 Å². The molecule has 0 fully saturated rings. The zero-order chi connectivity index (χ0) is 23.8. The van der Waals surface area contributed by atoms with Crippen LogP contribution in [0.15, 0.2) is 36.4 Å². The SMILES string of the molecule is CCCc1c[cH-]c([Si](C)(C)C)c1.CCCc1c[cH-]c([Si](C)(C)C)c1.C[SiH]C.[Cl][Zr+2][Cl]. The molecule has 0 unspecified atom stereocenters. The van der Waals surface area contributed by atoms with E-state index < -0.39 is 37.0 Å². The molecule has 0 saturated carbocycles. The van der Waals surface area contributed by atoms with Crippen LogP contribution in [-0.2, 0) is 33.7 Å². The summed E-state index contributed by atoms with van der Waals surface area (Å²) in [6.07, 6.45) is 5.00. The van der Waals surface area contributed by atoms with Crippen LogP contribution in [0.25, 0.3) is 0 Å². The van der Waals surface area contributed by atoms with Gasteiger partial charge in [0.25, 0.3) is 0 Å². The van der Waals surface area contributed by atoms with E-state index >= 15 is 0 Å². The maximum atomic E-state index is 4.93. The van der Waals surface area contributed by atoms with E-state index in [9.17, 15) is 0 Å². The van der Waals surface area contributed by atoms with E-state index in [4.69, 9.17) is 17.0 Å². The van der Waals surface area contributed by atoms with Crippen LogP contribution in [0.5, 0.6) is 0 Å². The zero-order valence-electron chi connectivity index (χ0n) is 21.1. The zero-order valence-corrected chi connectivity index (χ0v) is 28.3. The van der Waals surface area contributed by atoms with Gasteiger partial charge in [-0.1, -0.05) is 91.9 Å². The standard InChI is InChI=1S/2C11H19Si.C2H7Si.2ClH.Zr/c2*1-5-6-10-7-8-11(9-10)12(2,3)4;1-3-2;;;/h2*7-9H,5-6H2,1-4H3;3H,1-2H3;2*1H;/q2*-1;;;;+4/p-2. The Kier molecular flexibility index (Phi) is 20.1. The van der Waals surface area contributed by atoms with E-state index in [0.29, 0.717) is 0 Å². The molecule has 0 N–H and O–H groups in total. The number of hydrogen-bond acceptors (Lipinski definition) is 0. The van der Waals surface area contributed by atoms with Gasteiger partial charge >= 0.3 is 37.9 Å². The Morgan fingerprint density at radius 2 is 1.03 bits per heavy atom. The third kappa shape index (κ3) is 16.4. The Labute approximate surface area is 211 Å². The van der Waals surface area contributed by atoms with Crippen molar-refractivity contribution in [2.75, 3.05) is 0 Å². The van der Waals surface area contributed by atoms with Crippen molar-refractivity contribution in [1.29, 1.82) is 0 Å². The van der Waals surface area contributed by atoms with E-state index in [1.165, 1.54) is 36.8 Å². The van der Waals surface area contributed by atoms with E-state index in [-0.39, 0.29) is 0 Å². The maximum absolute atomic E-state index is 4.93. The van der Waals surface area contributed by atoms with Gasteiger partial charge in [-0.3, -0.25) is 0 Å². The fourth-order valence-corrected chi connectivity index (χ4v) is 5.21. The van der Waals surface area contributed by atoms with Crippen molar-refractivity contribution in [2.24, 2.45) is 0 Å². The predicted octanol–water partition coefficient (Wildman–Crippen LogP) is 7.70. The summed E-state index contributed by atoms with van der Waals surface area (Å²) < 4.78 is 0. The molecule has 2 aromatic rings. The number of rotatable bonds is 6. The average molecular weight is 580 g/mol. The van der Waals surface area contributed by atoms with Gasteiger partial charge < -0.3 is 0 Å². The molecule has 0 spiro atoms. The second-order valence-corrected chi connectivity index (χ2v) is 24.7. The van der Waals surface area contributed by atoms with Gasteiger partial charge in [0.1, 0.15) is 0 Å². The molecule has 0 aromatic heterocycles. The van der Waals surface area contributed by atoms with E-state index in [1.807, 2.05) is 0 Å². The summed E-state index contributed by atoms with van der Waals surface area (Å²) in [5.74, 6) is 0. The molecule has 0 heterocycles. The van der Waals surface area contributed by atoms with Crippen molar-refractivity contribution >= 4 is 53.1 Å². The van der Waals surface area contributed by atoms with Crippen LogP contribution in [0.1, 0.15) is 37.8 Å². The van der Waals surface area contributed by atoms with Gasteiger partial charge in [-0.15, -0.1) is 0 Å². The van der Waals surface area contributed by atoms with Crippen LogP contribution in [0.2, 0.25) is 52.4 Å². The Bertz CT molecular complexity index is 581. The van der Waals surface area contributed by atoms with Crippen LogP contribution in [0.4, 0.5) is 0 Å². The average Bonchev–Trinajstić information content (AvgIpc) is 3.26. The van der Waals surface area contributed by atoms with Crippen molar-refractivity contribution in [3.8, 4) is 0 Å². The Morgan fingerprint density at radius 1 is 0.767 bits per heavy atom. The fourth-order valence-electron chi connectivity index (χ4n) is 2.81. The van der Waals surface area contributed by atoms with Gasteiger partial charge in [-0.25, -0.2) is 12.1 Å². The molecule has 0 aliphatic rings. The topological polar surface area (TPSA) is 0 Å². The van der Waals surface area contributed by atoms with E-state index in [1.54, 1.807) is 10.4 Å². The van der Waals surface area contributed by atoms with Crippen LogP contribution in [-0.4, -0.2) is 25.7 Å². The van der Waals surface area contributed by atoms with Crippen molar-refractivity contribution < 1.29 is 20.8 Å². The number of halogens is 2. The van der Waals surface area contributed by atoms with Crippen molar-refractivity contribution in [2.45, 2.75) is 91.9 Å². The minimum absolute atomic E-state index is 0.750. The summed E-state index contributed by atoms with van der Waals surface area (Å²) in [5.41, 5.74) is 3.05. The summed E-state index contributed by atoms with van der Waals surface area (Å²) in [6, 6.07) is 14.0. The summed E-state index contributed by atoms with van der Waals surface area (Å²) >= 11 is -0.826. The van der Waals surface area contributed by atoms with E-state index in [2.05, 4.69) is 103 Å². The summed E-state index contributed by atoms with van der Waals surface area (Å²) in [5, 5.41) is 3.21. The molecule has 0 aliphatic heterocycles. The first-order valence-corrected chi connectivity index (χ1v) is 26.8. The second kappa shape index (κ2) is 18.3. The van der Waals surface area contributed by atoms with Gasteiger partial charge in [0, 0.05) is 9.52 Å². The molecule has 6 heteroatoms. The Hall–Kier alpha value is 0.814. The molecular weight excluding hydrogens is 535 g/mol. The molecule has 30 heavy (non-hydrogen) atoms. The van der Waals surface area contributed by atoms with Gasteiger partial charge in [0.2, 0.25) is 0 Å². The molecule has 0 amide bonds. The molecule has 0 bridgehead atoms. The first kappa shape index (κ1) is 33.0. The van der Waals surface area contributed by atoms with Crippen LogP contribution in [0, 0.1) is 0 Å². The quantitative estimate of drug-likeness (QED) is 0.243. The normalized spacial score (nSPS) is 10.5. The molecule has 0 saturated heterocycles. The minimum atomic E-state index is -1.04. The molecule has 2 aromatic carbocycles. The monoisotopic (exact) mass is 577 g/mol. The Balaban J connectivity index is 0. The number of aryl methyl sites for hydroxylation is 2. The molecular formula is C24H45Cl2Si3Zr. The van der Waals surface area contributed by atoms with Gasteiger partial charge in [0.15, 0.2) is 0 Å². The van der Waals surface area contributed by atoms with Gasteiger partial charge in [0.05, 0.1) is 16.1 Å². The van der Waals surface area contributed by atoms with Crippen LogP contribution in [0.3, 0.4) is 0 Å². The Morgan fingerprint density at radius 3 is 1.20 bits per heavy atom. The predicted molar refractivity (Wildman–Crippen MR) is 149 cm³/mol. The molecule has 0 atom stereocenters. The third-order valence-corrected chi connectivity index (χ3v) is 8.53. The second-order valence-electron chi connectivity index (χ2n) is 9.66. The fraction of sp³-hybridized carbons (Fsp3) is 0.583. The van der Waals surface area contributed by atoms with Gasteiger partial charge in [-0.05, 0) is 0 Å². The third-order valence-electron chi connectivity index (χ3n) is 4.45. The first-order chi connectivity index (χ1) is 13.9. The molecule has 0 aliphatic carbocycles. The molecule has 0 nitrogen and oxygen atoms in total. The molecule has 171 valence electrons. The molecule has 1 radical (unpaired) electrons. The van der Waals surface area contributed by atoms with Crippen molar-refractivity contribution in [1.82, 2.24) is 0 Å². The summed E-state index contributed by atoms with van der Waals surface area (Å²) in [6.45, 7) is 23.3. The molecule has 2 rings (SSSR count). The summed E-state index contributed by atoms with van der Waals surface area (Å²) in [4.78, 5) is 0. The van der Waals surface area contributed by atoms with Crippen LogP contribution >= 0.6 is 17.0 Å². The van der Waals surface area contributed by atoms with Crippen molar-refractivity contribution in [3.63, 3.8) is 0 Å². The summed E-state index contributed by atoms with van der Waals surface area (Å²) in [7, 11) is 8.53. The number of hydrogen-bond donors (Lipinski definition) is 0. The van der Waals surface area contributed by atoms with Crippen molar-refractivity contribution in [3.05, 3.63) is 47.5 Å². The first-order valence-electron chi connectivity index (χ1n) is 11.1. The van der Waals surface area contributed by atoms with Gasteiger partial charge in [-0.2, -0.15) is 45.8 Å².